The molecule has 1 aromatic heterocycles. The van der Waals surface area contributed by atoms with Crippen LogP contribution < -0.4 is 11.1 Å². The molecule has 0 aliphatic rings. The van der Waals surface area contributed by atoms with Crippen molar-refractivity contribution in [2.45, 2.75) is 13.8 Å². The first-order valence-electron chi connectivity index (χ1n) is 4.58. The van der Waals surface area contributed by atoms with E-state index in [0.29, 0.717) is 12.5 Å². The van der Waals surface area contributed by atoms with Gasteiger partial charge in [-0.3, -0.25) is 4.98 Å². The van der Waals surface area contributed by atoms with Crippen molar-refractivity contribution in [1.82, 2.24) is 4.98 Å². The van der Waals surface area contributed by atoms with Crippen LogP contribution in [0.4, 0.5) is 5.69 Å². The summed E-state index contributed by atoms with van der Waals surface area (Å²) in [5.41, 5.74) is 7.84. The average Bonchev–Trinajstić information content (AvgIpc) is 2.16. The number of aromatic nitrogens is 1. The Morgan fingerprint density at radius 3 is 3.00 bits per heavy atom. The molecule has 72 valence electrons. The number of pyridine rings is 1. The molecule has 0 radical (unpaired) electrons. The van der Waals surface area contributed by atoms with E-state index in [0.717, 1.165) is 12.2 Å². The Morgan fingerprint density at radius 1 is 1.62 bits per heavy atom. The summed E-state index contributed by atoms with van der Waals surface area (Å²) in [5, 5.41) is 3.32. The minimum atomic E-state index is 0.500. The van der Waals surface area contributed by atoms with Crippen molar-refractivity contribution >= 4 is 5.69 Å². The highest BCUT2D eigenvalue weighted by molar-refractivity contribution is 5.47. The first kappa shape index (κ1) is 9.99. The Morgan fingerprint density at radius 2 is 2.38 bits per heavy atom. The first-order valence-corrected chi connectivity index (χ1v) is 4.58. The summed E-state index contributed by atoms with van der Waals surface area (Å²) in [6.07, 6.45) is 3.64. The predicted molar refractivity (Wildman–Crippen MR) is 55.7 cm³/mol. The highest BCUT2D eigenvalue weighted by atomic mass is 14.9. The second kappa shape index (κ2) is 4.82. The van der Waals surface area contributed by atoms with Crippen LogP contribution in [0.2, 0.25) is 0 Å². The number of aryl methyl sites for hydroxylation is 1. The van der Waals surface area contributed by atoms with Crippen LogP contribution in [0.1, 0.15) is 12.5 Å². The quantitative estimate of drug-likeness (QED) is 0.734. The zero-order chi connectivity index (χ0) is 9.68. The molecule has 0 aliphatic heterocycles. The van der Waals surface area contributed by atoms with Crippen LogP contribution >= 0.6 is 0 Å². The van der Waals surface area contributed by atoms with Crippen molar-refractivity contribution in [3.05, 3.63) is 24.0 Å². The van der Waals surface area contributed by atoms with Gasteiger partial charge in [0.05, 0.1) is 11.9 Å². The lowest BCUT2D eigenvalue weighted by Crippen LogP contribution is -2.20. The SMILES string of the molecule is Cc1ccncc1NCC(C)CN. The largest absolute Gasteiger partial charge is 0.383 e. The number of hydrogen-bond donors (Lipinski definition) is 2. The molecule has 1 heterocycles. The number of nitrogens with zero attached hydrogens (tertiary/aromatic N) is 1. The molecule has 0 saturated carbocycles. The minimum Gasteiger partial charge on any atom is -0.383 e. The van der Waals surface area contributed by atoms with E-state index in [1.54, 1.807) is 6.20 Å². The molecular weight excluding hydrogens is 162 g/mol. The third-order valence-corrected chi connectivity index (χ3v) is 2.08. The van der Waals surface area contributed by atoms with Crippen LogP contribution in [-0.4, -0.2) is 18.1 Å². The third-order valence-electron chi connectivity index (χ3n) is 2.08. The van der Waals surface area contributed by atoms with E-state index in [2.05, 4.69) is 24.1 Å². The Labute approximate surface area is 79.4 Å². The van der Waals surface area contributed by atoms with Gasteiger partial charge in [-0.2, -0.15) is 0 Å². The van der Waals surface area contributed by atoms with Gasteiger partial charge in [0.1, 0.15) is 0 Å². The molecule has 13 heavy (non-hydrogen) atoms. The molecule has 0 amide bonds. The van der Waals surface area contributed by atoms with Gasteiger partial charge in [0.15, 0.2) is 0 Å². The smallest absolute Gasteiger partial charge is 0.0556 e. The summed E-state index contributed by atoms with van der Waals surface area (Å²) >= 11 is 0. The van der Waals surface area contributed by atoms with Crippen molar-refractivity contribution in [2.75, 3.05) is 18.4 Å². The van der Waals surface area contributed by atoms with E-state index in [1.807, 2.05) is 12.3 Å². The highest BCUT2D eigenvalue weighted by Gasteiger charge is 2.00. The van der Waals surface area contributed by atoms with Crippen molar-refractivity contribution in [3.8, 4) is 0 Å². The van der Waals surface area contributed by atoms with Gasteiger partial charge in [0, 0.05) is 12.7 Å². The molecule has 1 atom stereocenters. The fourth-order valence-corrected chi connectivity index (χ4v) is 1.02. The fraction of sp³-hybridized carbons (Fsp3) is 0.500. The lowest BCUT2D eigenvalue weighted by atomic mass is 10.2. The number of rotatable bonds is 4. The maximum absolute atomic E-state index is 5.52. The molecule has 3 N–H and O–H groups in total. The van der Waals surface area contributed by atoms with E-state index in [1.165, 1.54) is 5.56 Å². The molecule has 0 spiro atoms. The van der Waals surface area contributed by atoms with Gasteiger partial charge in [-0.15, -0.1) is 0 Å². The van der Waals surface area contributed by atoms with Crippen LogP contribution in [0.3, 0.4) is 0 Å². The third kappa shape index (κ3) is 3.03. The summed E-state index contributed by atoms with van der Waals surface area (Å²) < 4.78 is 0. The molecule has 0 fully saturated rings. The van der Waals surface area contributed by atoms with Crippen molar-refractivity contribution in [3.63, 3.8) is 0 Å². The van der Waals surface area contributed by atoms with E-state index in [4.69, 9.17) is 5.73 Å². The lowest BCUT2D eigenvalue weighted by Gasteiger charge is -2.12. The number of hydrogen-bond acceptors (Lipinski definition) is 3. The van der Waals surface area contributed by atoms with E-state index in [9.17, 15) is 0 Å². The van der Waals surface area contributed by atoms with E-state index < -0.39 is 0 Å². The molecule has 0 aromatic carbocycles. The van der Waals surface area contributed by atoms with Crippen LogP contribution in [-0.2, 0) is 0 Å². The van der Waals surface area contributed by atoms with Gasteiger partial charge in [-0.1, -0.05) is 6.92 Å². The number of anilines is 1. The summed E-state index contributed by atoms with van der Waals surface area (Å²) in [6, 6.07) is 2.00. The van der Waals surface area contributed by atoms with Gasteiger partial charge in [0.2, 0.25) is 0 Å². The van der Waals surface area contributed by atoms with E-state index in [-0.39, 0.29) is 0 Å². The zero-order valence-electron chi connectivity index (χ0n) is 8.25. The molecule has 0 bridgehead atoms. The van der Waals surface area contributed by atoms with Gasteiger partial charge < -0.3 is 11.1 Å². The maximum atomic E-state index is 5.52. The Balaban J connectivity index is 2.50. The average molecular weight is 179 g/mol. The molecule has 3 heteroatoms. The van der Waals surface area contributed by atoms with Crippen molar-refractivity contribution < 1.29 is 0 Å². The maximum Gasteiger partial charge on any atom is 0.0556 e. The molecule has 1 unspecified atom stereocenters. The Hall–Kier alpha value is -1.09. The summed E-state index contributed by atoms with van der Waals surface area (Å²) in [7, 11) is 0. The molecule has 1 rings (SSSR count). The van der Waals surface area contributed by atoms with Crippen LogP contribution in [0.15, 0.2) is 18.5 Å². The van der Waals surface area contributed by atoms with Gasteiger partial charge in [0.25, 0.3) is 0 Å². The molecule has 0 aliphatic carbocycles. The Kier molecular flexibility index (Phi) is 3.71. The molecule has 0 saturated heterocycles. The second-order valence-corrected chi connectivity index (χ2v) is 3.41. The lowest BCUT2D eigenvalue weighted by molar-refractivity contribution is 0.628. The van der Waals surface area contributed by atoms with Gasteiger partial charge >= 0.3 is 0 Å². The van der Waals surface area contributed by atoms with Crippen molar-refractivity contribution in [1.29, 1.82) is 0 Å². The first-order chi connectivity index (χ1) is 6.24. The monoisotopic (exact) mass is 179 g/mol. The minimum absolute atomic E-state index is 0.500. The molecular formula is C10H17N3. The fourth-order valence-electron chi connectivity index (χ4n) is 1.02. The van der Waals surface area contributed by atoms with Gasteiger partial charge in [-0.25, -0.2) is 0 Å². The van der Waals surface area contributed by atoms with Gasteiger partial charge in [-0.05, 0) is 31.0 Å². The molecule has 1 aromatic rings. The number of nitrogens with two attached hydrogens (primary N) is 1. The zero-order valence-corrected chi connectivity index (χ0v) is 8.25. The van der Waals surface area contributed by atoms with Crippen LogP contribution in [0.5, 0.6) is 0 Å². The normalized spacial score (nSPS) is 12.5. The Bertz CT molecular complexity index is 260. The predicted octanol–water partition coefficient (Wildman–Crippen LogP) is 1.40. The summed E-state index contributed by atoms with van der Waals surface area (Å²) in [6.45, 7) is 5.81. The van der Waals surface area contributed by atoms with Crippen LogP contribution in [0.25, 0.3) is 0 Å². The topological polar surface area (TPSA) is 50.9 Å². The summed E-state index contributed by atoms with van der Waals surface area (Å²) in [5.74, 6) is 0.500. The molecule has 3 nitrogen and oxygen atoms in total. The van der Waals surface area contributed by atoms with Crippen LogP contribution in [0, 0.1) is 12.8 Å². The highest BCUT2D eigenvalue weighted by Crippen LogP contribution is 2.11. The summed E-state index contributed by atoms with van der Waals surface area (Å²) in [4.78, 5) is 4.06. The van der Waals surface area contributed by atoms with E-state index >= 15 is 0 Å². The number of nitrogens with one attached hydrogen (secondary N) is 1. The van der Waals surface area contributed by atoms with Crippen molar-refractivity contribution in [2.24, 2.45) is 11.7 Å². The second-order valence-electron chi connectivity index (χ2n) is 3.41. The standard InChI is InChI=1S/C10H17N3/c1-8(5-11)6-13-10-7-12-4-3-9(10)2/h3-4,7-8,13H,5-6,11H2,1-2H3.